The third kappa shape index (κ3) is 3.73. The summed E-state index contributed by atoms with van der Waals surface area (Å²) in [6, 6.07) is 4.13. The van der Waals surface area contributed by atoms with Crippen LogP contribution in [-0.2, 0) is 10.0 Å². The third-order valence-electron chi connectivity index (χ3n) is 3.95. The summed E-state index contributed by atoms with van der Waals surface area (Å²) in [5, 5.41) is 3.81. The summed E-state index contributed by atoms with van der Waals surface area (Å²) in [4.78, 5) is 12.3. The Labute approximate surface area is 148 Å². The predicted molar refractivity (Wildman–Crippen MR) is 91.2 cm³/mol. The zero-order chi connectivity index (χ0) is 18.0. The summed E-state index contributed by atoms with van der Waals surface area (Å²) >= 11 is 0.962. The molecule has 134 valence electrons. The number of benzene rings is 1. The zero-order valence-electron chi connectivity index (χ0n) is 13.2. The number of carbonyl (C=O) groups excluding carboxylic acids is 1. The molecule has 1 aromatic carbocycles. The molecule has 1 amide bonds. The molecule has 1 aromatic heterocycles. The molecule has 1 aliphatic rings. The van der Waals surface area contributed by atoms with Crippen molar-refractivity contribution in [1.82, 2.24) is 4.31 Å². The number of amides is 1. The number of halogens is 2. The Morgan fingerprint density at radius 2 is 1.84 bits per heavy atom. The van der Waals surface area contributed by atoms with Crippen molar-refractivity contribution in [2.45, 2.75) is 24.2 Å². The normalized spacial score (nSPS) is 15.9. The van der Waals surface area contributed by atoms with Crippen LogP contribution in [0.3, 0.4) is 0 Å². The third-order valence-corrected chi connectivity index (χ3v) is 6.93. The van der Waals surface area contributed by atoms with E-state index in [2.05, 4.69) is 5.32 Å². The predicted octanol–water partition coefficient (Wildman–Crippen LogP) is 3.45. The maximum atomic E-state index is 13.7. The molecular weight excluding hydrogens is 370 g/mol. The molecule has 2 aromatic rings. The van der Waals surface area contributed by atoms with Crippen molar-refractivity contribution in [3.8, 4) is 0 Å². The standard InChI is InChI=1S/C16H16F2N2O3S2/c17-11-4-5-13(12(18)10-11)19-16(21)15-14(6-9-24-15)25(22,23)20-7-2-1-3-8-20/h4-6,9-10H,1-3,7-8H2,(H,19,21). The quantitative estimate of drug-likeness (QED) is 0.875. The molecule has 0 bridgehead atoms. The van der Waals surface area contributed by atoms with Gasteiger partial charge in [0.15, 0.2) is 0 Å². The summed E-state index contributed by atoms with van der Waals surface area (Å²) in [7, 11) is -3.77. The molecule has 25 heavy (non-hydrogen) atoms. The Kier molecular flexibility index (Phi) is 5.16. The molecule has 9 heteroatoms. The molecule has 1 aliphatic heterocycles. The average molecular weight is 386 g/mol. The number of anilines is 1. The minimum atomic E-state index is -3.77. The highest BCUT2D eigenvalue weighted by molar-refractivity contribution is 7.89. The van der Waals surface area contributed by atoms with Crippen LogP contribution in [0.4, 0.5) is 14.5 Å². The van der Waals surface area contributed by atoms with Gasteiger partial charge < -0.3 is 5.32 Å². The highest BCUT2D eigenvalue weighted by atomic mass is 32.2. The Balaban J connectivity index is 1.86. The van der Waals surface area contributed by atoms with Gasteiger partial charge in [-0.3, -0.25) is 4.79 Å². The molecule has 1 fully saturated rings. The molecule has 0 unspecified atom stereocenters. The van der Waals surface area contributed by atoms with Crippen molar-refractivity contribution >= 4 is 33.0 Å². The summed E-state index contributed by atoms with van der Waals surface area (Å²) in [6.07, 6.45) is 2.55. The van der Waals surface area contributed by atoms with Gasteiger partial charge in [-0.2, -0.15) is 4.31 Å². The van der Waals surface area contributed by atoms with Gasteiger partial charge in [0.1, 0.15) is 21.4 Å². The highest BCUT2D eigenvalue weighted by Crippen LogP contribution is 2.28. The number of nitrogens with one attached hydrogen (secondary N) is 1. The molecule has 0 atom stereocenters. The van der Waals surface area contributed by atoms with E-state index in [1.165, 1.54) is 15.8 Å². The van der Waals surface area contributed by atoms with Crippen LogP contribution in [0, 0.1) is 11.6 Å². The maximum absolute atomic E-state index is 13.7. The van der Waals surface area contributed by atoms with Crippen molar-refractivity contribution in [1.29, 1.82) is 0 Å². The van der Waals surface area contributed by atoms with Crippen LogP contribution < -0.4 is 5.32 Å². The second-order valence-electron chi connectivity index (χ2n) is 5.66. The van der Waals surface area contributed by atoms with E-state index < -0.39 is 27.6 Å². The van der Waals surface area contributed by atoms with Crippen LogP contribution >= 0.6 is 11.3 Å². The molecule has 5 nitrogen and oxygen atoms in total. The van der Waals surface area contributed by atoms with Crippen molar-refractivity contribution in [3.63, 3.8) is 0 Å². The van der Waals surface area contributed by atoms with Gasteiger partial charge in [-0.1, -0.05) is 6.42 Å². The first kappa shape index (κ1) is 18.0. The minimum absolute atomic E-state index is 0.0192. The number of nitrogens with zero attached hydrogens (tertiary/aromatic N) is 1. The van der Waals surface area contributed by atoms with Gasteiger partial charge in [0.05, 0.1) is 5.69 Å². The summed E-state index contributed by atoms with van der Waals surface area (Å²) in [5.74, 6) is -2.43. The fraction of sp³-hybridized carbons (Fsp3) is 0.312. The lowest BCUT2D eigenvalue weighted by Crippen LogP contribution is -2.36. The first-order valence-corrected chi connectivity index (χ1v) is 10.1. The van der Waals surface area contributed by atoms with E-state index in [1.807, 2.05) is 0 Å². The molecule has 2 heterocycles. The lowest BCUT2D eigenvalue weighted by molar-refractivity contribution is 0.102. The first-order valence-electron chi connectivity index (χ1n) is 7.73. The number of carbonyl (C=O) groups is 1. The Morgan fingerprint density at radius 1 is 1.12 bits per heavy atom. The second-order valence-corrected chi connectivity index (χ2v) is 8.48. The van der Waals surface area contributed by atoms with E-state index in [9.17, 15) is 22.0 Å². The summed E-state index contributed by atoms with van der Waals surface area (Å²) in [5.41, 5.74) is -0.207. The lowest BCUT2D eigenvalue weighted by atomic mass is 10.2. The maximum Gasteiger partial charge on any atom is 0.267 e. The fourth-order valence-electron chi connectivity index (χ4n) is 2.68. The van der Waals surface area contributed by atoms with E-state index in [1.54, 1.807) is 0 Å². The van der Waals surface area contributed by atoms with E-state index in [-0.39, 0.29) is 15.5 Å². The molecule has 1 saturated heterocycles. The van der Waals surface area contributed by atoms with Gasteiger partial charge in [-0.05, 0) is 36.4 Å². The van der Waals surface area contributed by atoms with Crippen LogP contribution in [0.5, 0.6) is 0 Å². The van der Waals surface area contributed by atoms with E-state index in [0.29, 0.717) is 19.2 Å². The highest BCUT2D eigenvalue weighted by Gasteiger charge is 2.31. The average Bonchev–Trinajstić information content (AvgIpc) is 3.09. The Hall–Kier alpha value is -1.84. The summed E-state index contributed by atoms with van der Waals surface area (Å²) < 4.78 is 53.6. The van der Waals surface area contributed by atoms with E-state index in [0.717, 1.165) is 42.7 Å². The monoisotopic (exact) mass is 386 g/mol. The topological polar surface area (TPSA) is 66.5 Å². The molecule has 0 saturated carbocycles. The van der Waals surface area contributed by atoms with Crippen LogP contribution in [-0.4, -0.2) is 31.7 Å². The molecule has 3 rings (SSSR count). The van der Waals surface area contributed by atoms with Gasteiger partial charge in [0, 0.05) is 19.2 Å². The van der Waals surface area contributed by atoms with Crippen LogP contribution in [0.25, 0.3) is 0 Å². The van der Waals surface area contributed by atoms with Crippen molar-refractivity contribution < 1.29 is 22.0 Å². The fourth-order valence-corrected chi connectivity index (χ4v) is 5.49. The summed E-state index contributed by atoms with van der Waals surface area (Å²) in [6.45, 7) is 0.845. The molecule has 0 spiro atoms. The number of hydrogen-bond donors (Lipinski definition) is 1. The Morgan fingerprint density at radius 3 is 2.52 bits per heavy atom. The minimum Gasteiger partial charge on any atom is -0.319 e. The molecule has 0 aliphatic carbocycles. The van der Waals surface area contributed by atoms with Crippen molar-refractivity contribution in [2.75, 3.05) is 18.4 Å². The van der Waals surface area contributed by atoms with Gasteiger partial charge >= 0.3 is 0 Å². The van der Waals surface area contributed by atoms with Crippen LogP contribution in [0.15, 0.2) is 34.5 Å². The molecule has 1 N–H and O–H groups in total. The van der Waals surface area contributed by atoms with Gasteiger partial charge in [-0.15, -0.1) is 11.3 Å². The SMILES string of the molecule is O=C(Nc1ccc(F)cc1F)c1sccc1S(=O)(=O)N1CCCCC1. The molecule has 0 radical (unpaired) electrons. The number of thiophene rings is 1. The first-order chi connectivity index (χ1) is 11.9. The smallest absolute Gasteiger partial charge is 0.267 e. The zero-order valence-corrected chi connectivity index (χ0v) is 14.8. The van der Waals surface area contributed by atoms with Gasteiger partial charge in [0.2, 0.25) is 10.0 Å². The Bertz CT molecular complexity index is 891. The van der Waals surface area contributed by atoms with Crippen molar-refractivity contribution in [2.24, 2.45) is 0 Å². The van der Waals surface area contributed by atoms with Crippen LogP contribution in [0.1, 0.15) is 28.9 Å². The number of piperidine rings is 1. The lowest BCUT2D eigenvalue weighted by Gasteiger charge is -2.25. The number of hydrogen-bond acceptors (Lipinski definition) is 4. The van der Waals surface area contributed by atoms with Gasteiger partial charge in [-0.25, -0.2) is 17.2 Å². The van der Waals surface area contributed by atoms with Gasteiger partial charge in [0.25, 0.3) is 5.91 Å². The van der Waals surface area contributed by atoms with Crippen LogP contribution in [0.2, 0.25) is 0 Å². The van der Waals surface area contributed by atoms with Crippen molar-refractivity contribution in [3.05, 3.63) is 46.2 Å². The number of sulfonamides is 1. The van der Waals surface area contributed by atoms with E-state index >= 15 is 0 Å². The second kappa shape index (κ2) is 7.19. The van der Waals surface area contributed by atoms with E-state index in [4.69, 9.17) is 0 Å². The molecular formula is C16H16F2N2O3S2. The number of rotatable bonds is 4. The largest absolute Gasteiger partial charge is 0.319 e.